The Hall–Kier alpha value is -1.34. The first-order valence-corrected chi connectivity index (χ1v) is 4.87. The summed E-state index contributed by atoms with van der Waals surface area (Å²) in [6, 6.07) is 0. The molecule has 2 rings (SSSR count). The predicted molar refractivity (Wildman–Crippen MR) is 52.9 cm³/mol. The summed E-state index contributed by atoms with van der Waals surface area (Å²) in [5.41, 5.74) is 5.65. The molecule has 76 valence electrons. The molecular formula is C7H10N4O2S. The topological polar surface area (TPSA) is 83.7 Å². The number of H-pyrrole nitrogens is 1. The van der Waals surface area contributed by atoms with E-state index in [4.69, 9.17) is 10.5 Å². The highest BCUT2D eigenvalue weighted by molar-refractivity contribution is 7.09. The number of guanidine groups is 1. The number of rotatable bonds is 2. The van der Waals surface area contributed by atoms with Gasteiger partial charge in [-0.05, 0) is 0 Å². The number of hydrogen-bond acceptors (Lipinski definition) is 6. The van der Waals surface area contributed by atoms with Gasteiger partial charge in [-0.15, -0.1) is 0 Å². The van der Waals surface area contributed by atoms with Gasteiger partial charge in [0.25, 0.3) is 0 Å². The molecule has 0 saturated carbocycles. The normalized spacial score (nSPS) is 16.9. The number of thiazole rings is 1. The molecule has 0 amide bonds. The summed E-state index contributed by atoms with van der Waals surface area (Å²) < 4.78 is 5.11. The van der Waals surface area contributed by atoms with Crippen molar-refractivity contribution in [2.75, 3.05) is 13.5 Å². The Balaban J connectivity index is 2.07. The lowest BCUT2D eigenvalue weighted by atomic mass is 10.5. The zero-order chi connectivity index (χ0) is 9.97. The van der Waals surface area contributed by atoms with Crippen LogP contribution in [0.15, 0.2) is 16.0 Å². The van der Waals surface area contributed by atoms with Crippen LogP contribution < -0.4 is 10.6 Å². The summed E-state index contributed by atoms with van der Waals surface area (Å²) in [7, 11) is 0. The molecule has 0 aromatic carbocycles. The summed E-state index contributed by atoms with van der Waals surface area (Å²) in [6.07, 6.45) is 1.68. The smallest absolute Gasteiger partial charge is 0.304 e. The zero-order valence-electron chi connectivity index (χ0n) is 7.40. The number of aliphatic imine (C=N–C) groups is 1. The summed E-state index contributed by atoms with van der Waals surface area (Å²) in [5.74, 6) is 0.456. The van der Waals surface area contributed by atoms with E-state index in [0.29, 0.717) is 26.0 Å². The van der Waals surface area contributed by atoms with Gasteiger partial charge in [0.2, 0.25) is 0 Å². The molecule has 1 aliphatic heterocycles. The van der Waals surface area contributed by atoms with Crippen LogP contribution in [0.3, 0.4) is 0 Å². The molecule has 0 atom stereocenters. The number of hydrogen-bond donors (Lipinski definition) is 2. The van der Waals surface area contributed by atoms with Gasteiger partial charge >= 0.3 is 4.87 Å². The van der Waals surface area contributed by atoms with Crippen molar-refractivity contribution >= 4 is 17.3 Å². The zero-order valence-corrected chi connectivity index (χ0v) is 8.21. The number of aromatic nitrogens is 1. The minimum atomic E-state index is -0.0616. The molecule has 0 unspecified atom stereocenters. The maximum absolute atomic E-state index is 10.9. The second-order valence-corrected chi connectivity index (χ2v) is 3.92. The van der Waals surface area contributed by atoms with Crippen LogP contribution in [0.1, 0.15) is 4.88 Å². The van der Waals surface area contributed by atoms with E-state index in [2.05, 4.69) is 9.98 Å². The Morgan fingerprint density at radius 1 is 1.79 bits per heavy atom. The Morgan fingerprint density at radius 3 is 3.29 bits per heavy atom. The van der Waals surface area contributed by atoms with Crippen LogP contribution in [0.25, 0.3) is 0 Å². The van der Waals surface area contributed by atoms with Crippen LogP contribution in [-0.2, 0) is 11.3 Å². The van der Waals surface area contributed by atoms with Crippen molar-refractivity contribution in [2.24, 2.45) is 10.7 Å². The first-order valence-electron chi connectivity index (χ1n) is 4.06. The quantitative estimate of drug-likeness (QED) is 0.695. The summed E-state index contributed by atoms with van der Waals surface area (Å²) in [4.78, 5) is 20.0. The molecule has 0 aliphatic carbocycles. The maximum Gasteiger partial charge on any atom is 0.304 e. The van der Waals surface area contributed by atoms with Crippen molar-refractivity contribution in [1.29, 1.82) is 0 Å². The Labute approximate surface area is 84.0 Å². The largest absolute Gasteiger partial charge is 0.370 e. The lowest BCUT2D eigenvalue weighted by molar-refractivity contribution is 0.0497. The molecule has 14 heavy (non-hydrogen) atoms. The van der Waals surface area contributed by atoms with Crippen molar-refractivity contribution in [3.8, 4) is 0 Å². The monoisotopic (exact) mass is 214 g/mol. The summed E-state index contributed by atoms with van der Waals surface area (Å²) in [6.45, 7) is 1.28. The van der Waals surface area contributed by atoms with Gasteiger partial charge in [-0.3, -0.25) is 4.79 Å². The lowest BCUT2D eigenvalue weighted by Crippen LogP contribution is -2.41. The molecule has 0 radical (unpaired) electrons. The number of nitrogens with two attached hydrogens (primary N) is 1. The predicted octanol–water partition coefficient (Wildman–Crippen LogP) is -0.502. The van der Waals surface area contributed by atoms with Crippen molar-refractivity contribution < 1.29 is 4.74 Å². The van der Waals surface area contributed by atoms with E-state index < -0.39 is 0 Å². The molecule has 2 heterocycles. The molecule has 0 saturated heterocycles. The van der Waals surface area contributed by atoms with Gasteiger partial charge in [-0.1, -0.05) is 11.3 Å². The molecular weight excluding hydrogens is 204 g/mol. The Bertz CT molecular complexity index is 396. The van der Waals surface area contributed by atoms with Crippen molar-refractivity contribution in [2.45, 2.75) is 6.54 Å². The van der Waals surface area contributed by atoms with E-state index in [1.165, 1.54) is 0 Å². The Morgan fingerprint density at radius 2 is 2.64 bits per heavy atom. The Kier molecular flexibility index (Phi) is 2.51. The highest BCUT2D eigenvalue weighted by atomic mass is 32.1. The molecule has 0 fully saturated rings. The van der Waals surface area contributed by atoms with Crippen LogP contribution >= 0.6 is 11.3 Å². The fourth-order valence-electron chi connectivity index (χ4n) is 1.14. The van der Waals surface area contributed by atoms with E-state index >= 15 is 0 Å². The van der Waals surface area contributed by atoms with E-state index in [1.807, 2.05) is 0 Å². The van der Waals surface area contributed by atoms with Gasteiger partial charge in [-0.25, -0.2) is 4.99 Å². The lowest BCUT2D eigenvalue weighted by Gasteiger charge is -2.25. The summed E-state index contributed by atoms with van der Waals surface area (Å²) >= 11 is 1.16. The van der Waals surface area contributed by atoms with Crippen LogP contribution in [0.2, 0.25) is 0 Å². The number of aromatic amines is 1. The highest BCUT2D eigenvalue weighted by Crippen LogP contribution is 2.07. The van der Waals surface area contributed by atoms with Gasteiger partial charge in [0.1, 0.15) is 13.5 Å². The van der Waals surface area contributed by atoms with E-state index in [-0.39, 0.29) is 4.87 Å². The second kappa shape index (κ2) is 3.81. The second-order valence-electron chi connectivity index (χ2n) is 2.82. The van der Waals surface area contributed by atoms with Gasteiger partial charge in [0.05, 0.1) is 6.54 Å². The van der Waals surface area contributed by atoms with Crippen LogP contribution in [0, 0.1) is 0 Å². The summed E-state index contributed by atoms with van der Waals surface area (Å²) in [5, 5.41) is 0. The average Bonchev–Trinajstić information content (AvgIpc) is 2.56. The maximum atomic E-state index is 10.9. The number of ether oxygens (including phenoxy) is 1. The minimum absolute atomic E-state index is 0.0616. The van der Waals surface area contributed by atoms with Gasteiger partial charge in [0, 0.05) is 11.1 Å². The minimum Gasteiger partial charge on any atom is -0.370 e. The van der Waals surface area contributed by atoms with Crippen molar-refractivity contribution in [1.82, 2.24) is 9.88 Å². The molecule has 0 spiro atoms. The van der Waals surface area contributed by atoms with Gasteiger partial charge in [0.15, 0.2) is 5.96 Å². The molecule has 1 aromatic rings. The number of nitrogens with zero attached hydrogens (tertiary/aromatic N) is 2. The number of nitrogens with one attached hydrogen (secondary N) is 1. The van der Waals surface area contributed by atoms with Crippen molar-refractivity contribution in [3.05, 3.63) is 20.7 Å². The fourth-order valence-corrected chi connectivity index (χ4v) is 1.83. The van der Waals surface area contributed by atoms with Crippen LogP contribution in [0.4, 0.5) is 0 Å². The third-order valence-electron chi connectivity index (χ3n) is 1.81. The van der Waals surface area contributed by atoms with Crippen LogP contribution in [-0.4, -0.2) is 29.3 Å². The molecule has 1 aromatic heterocycles. The molecule has 0 bridgehead atoms. The molecule has 3 N–H and O–H groups in total. The molecule has 7 heteroatoms. The van der Waals surface area contributed by atoms with Gasteiger partial charge in [-0.2, -0.15) is 0 Å². The van der Waals surface area contributed by atoms with Crippen molar-refractivity contribution in [3.63, 3.8) is 0 Å². The van der Waals surface area contributed by atoms with Gasteiger partial charge < -0.3 is 20.4 Å². The SMILES string of the molecule is NC1=NCOCN1Cc1c[nH]c(=O)s1. The van der Waals surface area contributed by atoms with E-state index in [0.717, 1.165) is 16.2 Å². The standard InChI is InChI=1S/C7H10N4O2S/c8-6-10-3-13-4-11(6)2-5-1-9-7(12)14-5/h1H,2-4H2,(H2,8,10)(H,9,12). The fraction of sp³-hybridized carbons (Fsp3) is 0.429. The average molecular weight is 214 g/mol. The van der Waals surface area contributed by atoms with E-state index in [9.17, 15) is 4.79 Å². The first kappa shape index (κ1) is 9.22. The first-order chi connectivity index (χ1) is 6.75. The third kappa shape index (κ3) is 1.94. The highest BCUT2D eigenvalue weighted by Gasteiger charge is 2.13. The van der Waals surface area contributed by atoms with Crippen LogP contribution in [0.5, 0.6) is 0 Å². The third-order valence-corrected chi connectivity index (χ3v) is 2.62. The molecule has 1 aliphatic rings. The molecule has 6 nitrogen and oxygen atoms in total. The van der Waals surface area contributed by atoms with E-state index in [1.54, 1.807) is 11.1 Å².